The van der Waals surface area contributed by atoms with Gasteiger partial charge < -0.3 is 19.3 Å². The number of esters is 1. The van der Waals surface area contributed by atoms with E-state index in [0.29, 0.717) is 6.42 Å². The van der Waals surface area contributed by atoms with Crippen molar-refractivity contribution in [2.45, 2.75) is 69.1 Å². The van der Waals surface area contributed by atoms with E-state index in [0.717, 1.165) is 32.1 Å². The number of Topliss-reactive ketones (excluding diaryl/α,β-unsaturated/α-hetero) is 1. The Hall–Kier alpha value is -1.97. The van der Waals surface area contributed by atoms with Gasteiger partial charge in [-0.2, -0.15) is 13.2 Å². The molecule has 0 amide bonds. The van der Waals surface area contributed by atoms with Crippen LogP contribution in [0.1, 0.15) is 45.1 Å². The summed E-state index contributed by atoms with van der Waals surface area (Å²) in [6.07, 6.45) is -4.49. The molecule has 1 aliphatic heterocycles. The monoisotopic (exact) mass is 458 g/mol. The van der Waals surface area contributed by atoms with Gasteiger partial charge in [-0.3, -0.25) is 4.79 Å². The first kappa shape index (κ1) is 24.7. The third-order valence-electron chi connectivity index (χ3n) is 6.67. The van der Waals surface area contributed by atoms with Gasteiger partial charge in [-0.15, -0.1) is 0 Å². The fraction of sp³-hybridized carbons (Fsp3) is 0.652. The first-order valence-corrected chi connectivity index (χ1v) is 10.7. The zero-order valence-corrected chi connectivity index (χ0v) is 18.4. The molecular weight excluding hydrogens is 429 g/mol. The summed E-state index contributed by atoms with van der Waals surface area (Å²) >= 11 is 0. The van der Waals surface area contributed by atoms with E-state index >= 15 is 0 Å². The van der Waals surface area contributed by atoms with E-state index in [2.05, 4.69) is 0 Å². The molecule has 1 saturated heterocycles. The Balaban J connectivity index is 1.96. The fourth-order valence-electron chi connectivity index (χ4n) is 4.86. The molecule has 1 saturated carbocycles. The van der Waals surface area contributed by atoms with Crippen LogP contribution >= 0.6 is 0 Å². The highest BCUT2D eigenvalue weighted by Gasteiger charge is 2.66. The number of carbonyl (C=O) groups is 2. The molecular formula is C23H29F3O6. The van der Waals surface area contributed by atoms with Gasteiger partial charge in [-0.05, 0) is 25.7 Å². The molecule has 3 rings (SSSR count). The lowest BCUT2D eigenvalue weighted by molar-refractivity contribution is -0.284. The molecule has 1 heterocycles. The van der Waals surface area contributed by atoms with Gasteiger partial charge in [-0.1, -0.05) is 43.7 Å². The maximum absolute atomic E-state index is 14.2. The molecule has 2 fully saturated rings. The van der Waals surface area contributed by atoms with Crippen molar-refractivity contribution in [3.8, 4) is 0 Å². The first-order chi connectivity index (χ1) is 15.0. The molecule has 9 heteroatoms. The molecule has 6 nitrogen and oxygen atoms in total. The van der Waals surface area contributed by atoms with Gasteiger partial charge in [-0.25, -0.2) is 4.79 Å². The highest BCUT2D eigenvalue weighted by Crippen LogP contribution is 2.46. The van der Waals surface area contributed by atoms with Crippen molar-refractivity contribution in [1.82, 2.24) is 0 Å². The lowest BCUT2D eigenvalue weighted by Crippen LogP contribution is -2.63. The number of halogens is 3. The molecule has 32 heavy (non-hydrogen) atoms. The number of carbonyl (C=O) groups excluding carboxylic acids is 2. The normalized spacial score (nSPS) is 32.7. The van der Waals surface area contributed by atoms with Crippen LogP contribution in [0.3, 0.4) is 0 Å². The largest absolute Gasteiger partial charge is 0.456 e. The number of methoxy groups -OCH3 is 1. The Labute approximate surface area is 185 Å². The van der Waals surface area contributed by atoms with E-state index in [1.165, 1.54) is 25.1 Å². The van der Waals surface area contributed by atoms with Gasteiger partial charge in [0, 0.05) is 25.0 Å². The van der Waals surface area contributed by atoms with Crippen molar-refractivity contribution >= 4 is 11.8 Å². The van der Waals surface area contributed by atoms with Crippen LogP contribution in [-0.4, -0.2) is 54.6 Å². The highest BCUT2D eigenvalue weighted by atomic mass is 19.4. The number of rotatable bonds is 6. The Bertz CT molecular complexity index is 825. The second-order valence-corrected chi connectivity index (χ2v) is 8.75. The van der Waals surface area contributed by atoms with E-state index in [9.17, 15) is 27.9 Å². The fourth-order valence-corrected chi connectivity index (χ4v) is 4.86. The van der Waals surface area contributed by atoms with Crippen LogP contribution < -0.4 is 0 Å². The second kappa shape index (κ2) is 9.11. The summed E-state index contributed by atoms with van der Waals surface area (Å²) in [5.74, 6) is -3.17. The van der Waals surface area contributed by atoms with Gasteiger partial charge in [0.05, 0.1) is 12.7 Å². The minimum Gasteiger partial charge on any atom is -0.456 e. The summed E-state index contributed by atoms with van der Waals surface area (Å²) in [7, 11) is 0.772. The number of hydrogen-bond acceptors (Lipinski definition) is 6. The third kappa shape index (κ3) is 4.18. The SMILES string of the molecule is CCC[C@@H]1C[C@@H]2CC(=O)[C@](C)(O)[C@@H](OC(=O)[C@@](OC)(c3ccccc3)C(F)(F)F)[C@@H]2CO1. The molecule has 1 aliphatic carbocycles. The van der Waals surface area contributed by atoms with Crippen LogP contribution in [0.2, 0.25) is 0 Å². The molecule has 1 aromatic rings. The maximum Gasteiger partial charge on any atom is 0.432 e. The summed E-state index contributed by atoms with van der Waals surface area (Å²) in [6.45, 7) is 3.25. The number of benzene rings is 1. The average Bonchev–Trinajstić information content (AvgIpc) is 2.72. The van der Waals surface area contributed by atoms with E-state index in [-0.39, 0.29) is 25.0 Å². The zero-order valence-electron chi connectivity index (χ0n) is 18.4. The standard InChI is InChI=1S/C23H29F3O6/c1-4-8-16-11-14-12-18(27)21(2,29)19(17(14)13-31-16)32-20(28)22(30-3,23(24,25)26)15-9-6-5-7-10-15/h5-7,9-10,14,16-17,19,29H,4,8,11-13H2,1-3H3/t14-,16-,17-,19+,21+,22+/m1/s1. The van der Waals surface area contributed by atoms with Crippen LogP contribution in [0.25, 0.3) is 0 Å². The predicted molar refractivity (Wildman–Crippen MR) is 108 cm³/mol. The predicted octanol–water partition coefficient (Wildman–Crippen LogP) is 3.55. The van der Waals surface area contributed by atoms with Gasteiger partial charge in [0.15, 0.2) is 11.4 Å². The van der Waals surface area contributed by atoms with Crippen molar-refractivity contribution < 1.29 is 42.1 Å². The summed E-state index contributed by atoms with van der Waals surface area (Å²) in [4.78, 5) is 25.8. The highest BCUT2D eigenvalue weighted by molar-refractivity contribution is 5.90. The number of fused-ring (bicyclic) bond motifs is 1. The van der Waals surface area contributed by atoms with Crippen LogP contribution in [0, 0.1) is 11.8 Å². The van der Waals surface area contributed by atoms with Crippen molar-refractivity contribution in [2.24, 2.45) is 11.8 Å². The summed E-state index contributed by atoms with van der Waals surface area (Å²) in [5.41, 5.74) is -6.00. The number of ketones is 1. The average molecular weight is 458 g/mol. The van der Waals surface area contributed by atoms with Crippen LogP contribution in [0.5, 0.6) is 0 Å². The molecule has 2 aliphatic rings. The van der Waals surface area contributed by atoms with Crippen LogP contribution in [0.4, 0.5) is 13.2 Å². The second-order valence-electron chi connectivity index (χ2n) is 8.75. The van der Waals surface area contributed by atoms with E-state index < -0.39 is 46.7 Å². The van der Waals surface area contributed by atoms with Gasteiger partial charge in [0.1, 0.15) is 6.10 Å². The lowest BCUT2D eigenvalue weighted by atomic mass is 9.66. The Kier molecular flexibility index (Phi) is 7.02. The molecule has 0 aromatic heterocycles. The summed E-state index contributed by atoms with van der Waals surface area (Å²) < 4.78 is 58.6. The van der Waals surface area contributed by atoms with Crippen LogP contribution in [-0.2, 0) is 29.4 Å². The summed E-state index contributed by atoms with van der Waals surface area (Å²) in [6, 6.07) is 6.43. The third-order valence-corrected chi connectivity index (χ3v) is 6.67. The van der Waals surface area contributed by atoms with Crippen molar-refractivity contribution in [3.05, 3.63) is 35.9 Å². The molecule has 0 spiro atoms. The lowest BCUT2D eigenvalue weighted by Gasteiger charge is -2.48. The molecule has 6 atom stereocenters. The van der Waals surface area contributed by atoms with E-state index in [1.807, 2.05) is 6.92 Å². The summed E-state index contributed by atoms with van der Waals surface area (Å²) in [5, 5.41) is 10.9. The number of ether oxygens (including phenoxy) is 3. The molecule has 1 aromatic carbocycles. The molecule has 0 unspecified atom stereocenters. The Morgan fingerprint density at radius 2 is 1.94 bits per heavy atom. The smallest absolute Gasteiger partial charge is 0.432 e. The molecule has 178 valence electrons. The minimum absolute atomic E-state index is 0.0582. The van der Waals surface area contributed by atoms with E-state index in [4.69, 9.17) is 14.2 Å². The minimum atomic E-state index is -5.15. The topological polar surface area (TPSA) is 82.1 Å². The number of hydrogen-bond donors (Lipinski definition) is 1. The first-order valence-electron chi connectivity index (χ1n) is 10.7. The Morgan fingerprint density at radius 3 is 2.50 bits per heavy atom. The van der Waals surface area contributed by atoms with Gasteiger partial charge in [0.25, 0.3) is 5.60 Å². The number of aliphatic hydroxyl groups is 1. The quantitative estimate of drug-likeness (QED) is 0.657. The van der Waals surface area contributed by atoms with Crippen LogP contribution in [0.15, 0.2) is 30.3 Å². The Morgan fingerprint density at radius 1 is 1.28 bits per heavy atom. The van der Waals surface area contributed by atoms with Gasteiger partial charge >= 0.3 is 12.1 Å². The van der Waals surface area contributed by atoms with E-state index in [1.54, 1.807) is 0 Å². The molecule has 1 N–H and O–H groups in total. The zero-order chi connectivity index (χ0) is 23.7. The molecule has 0 bridgehead atoms. The maximum atomic E-state index is 14.2. The van der Waals surface area contributed by atoms with Crippen molar-refractivity contribution in [3.63, 3.8) is 0 Å². The van der Waals surface area contributed by atoms with Crippen molar-refractivity contribution in [1.29, 1.82) is 0 Å². The van der Waals surface area contributed by atoms with Gasteiger partial charge in [0.2, 0.25) is 0 Å². The number of alkyl halides is 3. The molecule has 0 radical (unpaired) electrons. The van der Waals surface area contributed by atoms with Crippen molar-refractivity contribution in [2.75, 3.05) is 13.7 Å².